The van der Waals surface area contributed by atoms with Crippen LogP contribution in [0.1, 0.15) is 16.7 Å². The number of aryl methyl sites for hydroxylation is 1. The van der Waals surface area contributed by atoms with Crippen molar-refractivity contribution in [3.8, 4) is 0 Å². The first-order valence-corrected chi connectivity index (χ1v) is 12.1. The Balaban J connectivity index is 0.00000289. The van der Waals surface area contributed by atoms with E-state index in [0.717, 1.165) is 9.91 Å². The van der Waals surface area contributed by atoms with Gasteiger partial charge < -0.3 is 20.3 Å². The molecule has 2 amide bonds. The number of carbonyl (C=O) groups excluding carboxylic acids is 3. The molecule has 2 aliphatic heterocycles. The summed E-state index contributed by atoms with van der Waals surface area (Å²) in [6, 6.07) is 7.45. The maximum atomic E-state index is 12.7. The van der Waals surface area contributed by atoms with Crippen LogP contribution in [-0.4, -0.2) is 60.9 Å². The summed E-state index contributed by atoms with van der Waals surface area (Å²) in [5.74, 6) is -1.98. The maximum absolute atomic E-state index is 12.7. The molecule has 4 rings (SSSR count). The van der Waals surface area contributed by atoms with Gasteiger partial charge in [0.25, 0.3) is 11.8 Å². The third-order valence-corrected chi connectivity index (χ3v) is 8.18. The summed E-state index contributed by atoms with van der Waals surface area (Å²) in [6.07, 6.45) is -1.42. The molecular formula is C19H17N4NaO5S3. The molecule has 3 heterocycles. The number of fused-ring (bicyclic) bond motifs is 1. The number of aliphatic carboxylic acids is 1. The van der Waals surface area contributed by atoms with E-state index in [1.54, 1.807) is 30.3 Å². The molecule has 0 saturated carbocycles. The van der Waals surface area contributed by atoms with Crippen LogP contribution in [0, 0.1) is 6.92 Å². The number of carboxylic acid groups (broad SMARTS) is 1. The van der Waals surface area contributed by atoms with Gasteiger partial charge in [0, 0.05) is 11.5 Å². The van der Waals surface area contributed by atoms with Crippen molar-refractivity contribution < 1.29 is 54.2 Å². The number of hydrogen-bond donors (Lipinski definition) is 2. The molecule has 1 fully saturated rings. The molecule has 2 aliphatic rings. The van der Waals surface area contributed by atoms with E-state index in [9.17, 15) is 24.6 Å². The predicted molar refractivity (Wildman–Crippen MR) is 114 cm³/mol. The molecule has 2 N–H and O–H groups in total. The van der Waals surface area contributed by atoms with E-state index in [1.807, 2.05) is 6.92 Å². The number of aromatic nitrogens is 2. The van der Waals surface area contributed by atoms with Crippen LogP contribution >= 0.6 is 34.9 Å². The largest absolute Gasteiger partial charge is 1.00 e. The van der Waals surface area contributed by atoms with Gasteiger partial charge in [-0.3, -0.25) is 14.5 Å². The van der Waals surface area contributed by atoms with Gasteiger partial charge in [-0.2, -0.15) is 0 Å². The van der Waals surface area contributed by atoms with E-state index >= 15 is 0 Å². The molecule has 0 radical (unpaired) electrons. The molecule has 1 saturated heterocycles. The van der Waals surface area contributed by atoms with Crippen LogP contribution in [0.25, 0.3) is 0 Å². The monoisotopic (exact) mass is 500 g/mol. The van der Waals surface area contributed by atoms with E-state index in [4.69, 9.17) is 0 Å². The third-order valence-electron chi connectivity index (χ3n) is 4.78. The second-order valence-corrected chi connectivity index (χ2v) is 10.3. The van der Waals surface area contributed by atoms with Gasteiger partial charge in [0.1, 0.15) is 16.4 Å². The summed E-state index contributed by atoms with van der Waals surface area (Å²) in [6.45, 7) is 1.83. The Bertz CT molecular complexity index is 1060. The Kier molecular flexibility index (Phi) is 8.42. The quantitative estimate of drug-likeness (QED) is 0.233. The molecule has 0 spiro atoms. The van der Waals surface area contributed by atoms with Crippen molar-refractivity contribution in [1.82, 2.24) is 20.4 Å². The Labute approximate surface area is 218 Å². The second-order valence-electron chi connectivity index (χ2n) is 6.82. The van der Waals surface area contributed by atoms with Crippen molar-refractivity contribution in [3.63, 3.8) is 0 Å². The van der Waals surface area contributed by atoms with Crippen LogP contribution in [0.3, 0.4) is 0 Å². The molecule has 1 aromatic heterocycles. The molecular weight excluding hydrogens is 483 g/mol. The van der Waals surface area contributed by atoms with Gasteiger partial charge in [0.05, 0.1) is 11.7 Å². The predicted octanol–water partition coefficient (Wildman–Crippen LogP) is -2.92. The molecule has 13 heteroatoms. The first kappa shape index (κ1) is 25.2. The van der Waals surface area contributed by atoms with Gasteiger partial charge in [0.2, 0.25) is 0 Å². The number of β-lactam (4-membered cyclic amide) rings is 1. The molecule has 0 aliphatic carbocycles. The van der Waals surface area contributed by atoms with Crippen molar-refractivity contribution in [3.05, 3.63) is 52.2 Å². The van der Waals surface area contributed by atoms with Crippen molar-refractivity contribution >= 4 is 52.6 Å². The van der Waals surface area contributed by atoms with Crippen molar-refractivity contribution in [2.24, 2.45) is 0 Å². The van der Waals surface area contributed by atoms with Crippen LogP contribution in [0.2, 0.25) is 0 Å². The number of carboxylic acids is 1. The minimum atomic E-state index is -1.43. The molecule has 1 aromatic carbocycles. The number of carbonyl (C=O) groups is 3. The number of aliphatic hydroxyl groups is 1. The van der Waals surface area contributed by atoms with E-state index in [0.29, 0.717) is 27.0 Å². The number of rotatable bonds is 7. The number of nitrogens with zero attached hydrogens (tertiary/aromatic N) is 3. The van der Waals surface area contributed by atoms with Crippen LogP contribution in [-0.2, 0) is 14.4 Å². The second kappa shape index (κ2) is 10.7. The number of amides is 2. The van der Waals surface area contributed by atoms with Crippen molar-refractivity contribution in [2.75, 3.05) is 11.5 Å². The molecule has 0 bridgehead atoms. The van der Waals surface area contributed by atoms with Crippen LogP contribution in [0.15, 0.2) is 45.9 Å². The van der Waals surface area contributed by atoms with Gasteiger partial charge in [-0.25, -0.2) is 0 Å². The zero-order valence-electron chi connectivity index (χ0n) is 17.2. The van der Waals surface area contributed by atoms with E-state index in [2.05, 4.69) is 15.5 Å². The molecule has 3 atom stereocenters. The smallest absolute Gasteiger partial charge is 0.543 e. The Morgan fingerprint density at radius 2 is 2.06 bits per heavy atom. The van der Waals surface area contributed by atoms with E-state index < -0.39 is 35.3 Å². The fourth-order valence-corrected chi connectivity index (χ4v) is 6.59. The van der Waals surface area contributed by atoms with Crippen LogP contribution in [0.4, 0.5) is 0 Å². The summed E-state index contributed by atoms with van der Waals surface area (Å²) < 4.78 is 0.713. The van der Waals surface area contributed by atoms with Crippen LogP contribution in [0.5, 0.6) is 0 Å². The summed E-state index contributed by atoms with van der Waals surface area (Å²) in [7, 11) is 0. The zero-order valence-corrected chi connectivity index (χ0v) is 21.6. The van der Waals surface area contributed by atoms with E-state index in [-0.39, 0.29) is 35.3 Å². The average molecular weight is 501 g/mol. The van der Waals surface area contributed by atoms with Gasteiger partial charge in [0.15, 0.2) is 10.4 Å². The summed E-state index contributed by atoms with van der Waals surface area (Å²) >= 11 is 4.12. The molecule has 162 valence electrons. The topological polar surface area (TPSA) is 136 Å². The average Bonchev–Trinajstić information content (AvgIpc) is 3.20. The summed E-state index contributed by atoms with van der Waals surface area (Å²) in [5, 5.41) is 32.8. The number of aliphatic hydroxyl groups excluding tert-OH is 1. The minimum Gasteiger partial charge on any atom is -0.543 e. The normalized spacial score (nSPS) is 20.7. The fourth-order valence-electron chi connectivity index (χ4n) is 3.29. The maximum Gasteiger partial charge on any atom is 1.00 e. The molecule has 3 unspecified atom stereocenters. The number of hydrogen-bond acceptors (Lipinski definition) is 10. The summed E-state index contributed by atoms with van der Waals surface area (Å²) in [4.78, 5) is 38.1. The number of nitrogens with one attached hydrogen (secondary N) is 1. The van der Waals surface area contributed by atoms with Gasteiger partial charge in [-0.1, -0.05) is 53.4 Å². The van der Waals surface area contributed by atoms with Crippen LogP contribution < -0.4 is 40.0 Å². The Hall–Kier alpha value is -1.41. The molecule has 32 heavy (non-hydrogen) atoms. The van der Waals surface area contributed by atoms with E-state index in [1.165, 1.54) is 34.9 Å². The fraction of sp³-hybridized carbons (Fsp3) is 0.316. The van der Waals surface area contributed by atoms with Crippen molar-refractivity contribution in [1.29, 1.82) is 0 Å². The molecule has 9 nitrogen and oxygen atoms in total. The van der Waals surface area contributed by atoms with Gasteiger partial charge in [-0.15, -0.1) is 22.0 Å². The number of benzene rings is 1. The third kappa shape index (κ3) is 5.06. The first-order chi connectivity index (χ1) is 14.9. The Morgan fingerprint density at radius 1 is 1.34 bits per heavy atom. The zero-order chi connectivity index (χ0) is 22.1. The number of thioether (sulfide) groups is 2. The standard InChI is InChI=1S/C19H18N4O5S3.Na/c1-9-21-22-19(31-9)30-8-11-7-29-17-12(16(26)23(17)13(11)18(27)28)20-15(25)14(24)10-5-3-2-4-6-10;/h2-6,12,14,17,24H,7-8H2,1H3,(H,20,25)(H,27,28);/q;+1/p-1. The van der Waals surface area contributed by atoms with Gasteiger partial charge in [-0.05, 0) is 18.1 Å². The SMILES string of the molecule is Cc1nnc(SCC2=C(C(=O)[O-])N3C(=O)C(NC(=O)C(O)c4ccccc4)C3SC2)s1.[Na+]. The molecule has 2 aromatic rings. The Morgan fingerprint density at radius 3 is 2.69 bits per heavy atom. The minimum absolute atomic E-state index is 0. The van der Waals surface area contributed by atoms with Crippen molar-refractivity contribution in [2.45, 2.75) is 28.8 Å². The summed E-state index contributed by atoms with van der Waals surface area (Å²) in [5.41, 5.74) is 0.805. The van der Waals surface area contributed by atoms with Gasteiger partial charge >= 0.3 is 29.6 Å². The first-order valence-electron chi connectivity index (χ1n) is 9.21.